The van der Waals surface area contributed by atoms with Crippen LogP contribution in [0.25, 0.3) is 0 Å². The van der Waals surface area contributed by atoms with E-state index in [0.29, 0.717) is 11.3 Å². The third kappa shape index (κ3) is 4.11. The van der Waals surface area contributed by atoms with E-state index in [1.165, 1.54) is 16.9 Å². The number of hydrogen-bond donors (Lipinski definition) is 1. The summed E-state index contributed by atoms with van der Waals surface area (Å²) in [7, 11) is 0. The Balaban J connectivity index is 1.86. The molecule has 0 aliphatic rings. The fraction of sp³-hybridized carbons (Fsp3) is 0.158. The molecule has 27 heavy (non-hydrogen) atoms. The lowest BCUT2D eigenvalue weighted by molar-refractivity contribution is 0.927. The highest BCUT2D eigenvalue weighted by molar-refractivity contribution is 5.57. The van der Waals surface area contributed by atoms with Crippen LogP contribution < -0.4 is 10.9 Å². The Kier molecular flexibility index (Phi) is 5.15. The molecule has 0 saturated carbocycles. The summed E-state index contributed by atoms with van der Waals surface area (Å²) < 4.78 is 0. The van der Waals surface area contributed by atoms with Gasteiger partial charge in [-0.3, -0.25) is 0 Å². The van der Waals surface area contributed by atoms with Crippen molar-refractivity contribution in [2.45, 2.75) is 20.8 Å². The van der Waals surface area contributed by atoms with Crippen LogP contribution >= 0.6 is 0 Å². The molecular weight excluding hydrogens is 340 g/mol. The number of nitrogens with two attached hydrogens (primary N) is 1. The monoisotopic (exact) mass is 358 g/mol. The topological polar surface area (TPSA) is 116 Å². The van der Waals surface area contributed by atoms with Gasteiger partial charge in [0.1, 0.15) is 6.33 Å². The van der Waals surface area contributed by atoms with Gasteiger partial charge in [-0.2, -0.15) is 20.2 Å². The van der Waals surface area contributed by atoms with Crippen LogP contribution in [0.4, 0.5) is 23.3 Å². The lowest BCUT2D eigenvalue weighted by Crippen LogP contribution is -2.27. The van der Waals surface area contributed by atoms with Crippen LogP contribution in [0, 0.1) is 32.1 Å². The third-order valence-corrected chi connectivity index (χ3v) is 3.91. The molecule has 2 aromatic carbocycles. The van der Waals surface area contributed by atoms with Gasteiger partial charge >= 0.3 is 0 Å². The normalized spacial score (nSPS) is 10.8. The summed E-state index contributed by atoms with van der Waals surface area (Å²) >= 11 is 0. The minimum atomic E-state index is 0.156. The van der Waals surface area contributed by atoms with E-state index in [1.54, 1.807) is 24.3 Å². The molecule has 0 saturated heterocycles. The summed E-state index contributed by atoms with van der Waals surface area (Å²) in [5, 5.41) is 18.6. The molecule has 0 fully saturated rings. The third-order valence-electron chi connectivity index (χ3n) is 3.91. The van der Waals surface area contributed by atoms with E-state index in [-0.39, 0.29) is 11.9 Å². The van der Waals surface area contributed by atoms with Gasteiger partial charge in [0.15, 0.2) is 0 Å². The zero-order chi connectivity index (χ0) is 19.4. The molecular formula is C19H18N8. The van der Waals surface area contributed by atoms with Gasteiger partial charge in [-0.25, -0.2) is 10.9 Å². The van der Waals surface area contributed by atoms with Crippen LogP contribution in [0.5, 0.6) is 0 Å². The molecule has 0 bridgehead atoms. The number of anilines is 2. The number of rotatable bonds is 4. The SMILES string of the molecule is Cc1cc(C)c(N=Nc2ncnc(N(N)c3ccc(C#N)cc3)n2)c(C)c1. The molecule has 134 valence electrons. The summed E-state index contributed by atoms with van der Waals surface area (Å²) in [5.74, 6) is 6.45. The van der Waals surface area contributed by atoms with Crippen molar-refractivity contribution in [1.82, 2.24) is 15.0 Å². The maximum absolute atomic E-state index is 8.88. The van der Waals surface area contributed by atoms with Gasteiger partial charge in [0.2, 0.25) is 5.95 Å². The molecule has 3 aromatic rings. The van der Waals surface area contributed by atoms with Gasteiger partial charge < -0.3 is 0 Å². The van der Waals surface area contributed by atoms with Crippen LogP contribution in [0.3, 0.4) is 0 Å². The molecule has 3 rings (SSSR count). The zero-order valence-corrected chi connectivity index (χ0v) is 15.2. The predicted molar refractivity (Wildman–Crippen MR) is 102 cm³/mol. The second-order valence-corrected chi connectivity index (χ2v) is 6.06. The van der Waals surface area contributed by atoms with Crippen molar-refractivity contribution in [2.75, 3.05) is 5.01 Å². The van der Waals surface area contributed by atoms with Crippen molar-refractivity contribution in [1.29, 1.82) is 5.26 Å². The summed E-state index contributed by atoms with van der Waals surface area (Å²) in [6.07, 6.45) is 1.33. The number of azo groups is 1. The fourth-order valence-corrected chi connectivity index (χ4v) is 2.68. The van der Waals surface area contributed by atoms with Gasteiger partial charge in [0.05, 0.1) is 23.0 Å². The van der Waals surface area contributed by atoms with Crippen molar-refractivity contribution in [3.05, 3.63) is 65.0 Å². The highest BCUT2D eigenvalue weighted by Crippen LogP contribution is 2.27. The predicted octanol–water partition coefficient (Wildman–Crippen LogP) is 4.10. The average molecular weight is 358 g/mol. The molecule has 0 atom stereocenters. The number of nitriles is 1. The Morgan fingerprint density at radius 3 is 2.30 bits per heavy atom. The maximum atomic E-state index is 8.88. The van der Waals surface area contributed by atoms with Gasteiger partial charge in [-0.05, 0) is 56.2 Å². The van der Waals surface area contributed by atoms with E-state index < -0.39 is 0 Å². The van der Waals surface area contributed by atoms with E-state index in [2.05, 4.69) is 31.2 Å². The van der Waals surface area contributed by atoms with E-state index in [0.717, 1.165) is 16.8 Å². The zero-order valence-electron chi connectivity index (χ0n) is 15.2. The van der Waals surface area contributed by atoms with Crippen molar-refractivity contribution in [3.8, 4) is 6.07 Å². The number of hydrogen-bond acceptors (Lipinski definition) is 8. The highest BCUT2D eigenvalue weighted by atomic mass is 15.5. The smallest absolute Gasteiger partial charge is 0.246 e. The average Bonchev–Trinajstić information content (AvgIpc) is 2.67. The molecule has 0 aliphatic heterocycles. The number of nitrogens with zero attached hydrogens (tertiary/aromatic N) is 7. The standard InChI is InChI=1S/C19H18N8/c1-12-8-13(2)17(14(3)9-12)25-26-18-22-11-23-19(24-18)27(21)16-6-4-15(10-20)5-7-16/h4-9,11H,21H2,1-3H3. The second-order valence-electron chi connectivity index (χ2n) is 6.06. The Bertz CT molecular complexity index is 1010. The Labute approximate surface area is 157 Å². The Hall–Kier alpha value is -3.70. The van der Waals surface area contributed by atoms with E-state index in [1.807, 2.05) is 32.9 Å². The number of aromatic nitrogens is 3. The number of aryl methyl sites for hydroxylation is 3. The van der Waals surface area contributed by atoms with Gasteiger partial charge in [-0.15, -0.1) is 10.2 Å². The van der Waals surface area contributed by atoms with Crippen molar-refractivity contribution in [2.24, 2.45) is 16.1 Å². The first-order valence-corrected chi connectivity index (χ1v) is 8.21. The number of benzene rings is 2. The fourth-order valence-electron chi connectivity index (χ4n) is 2.68. The van der Waals surface area contributed by atoms with Crippen LogP contribution in [-0.4, -0.2) is 15.0 Å². The quantitative estimate of drug-likeness (QED) is 0.426. The molecule has 0 amide bonds. The molecule has 0 spiro atoms. The van der Waals surface area contributed by atoms with Crippen molar-refractivity contribution >= 4 is 23.3 Å². The molecule has 0 unspecified atom stereocenters. The minimum Gasteiger partial charge on any atom is -0.246 e. The summed E-state index contributed by atoms with van der Waals surface area (Å²) in [4.78, 5) is 12.3. The van der Waals surface area contributed by atoms with Crippen molar-refractivity contribution < 1.29 is 0 Å². The van der Waals surface area contributed by atoms with Gasteiger partial charge in [0, 0.05) is 0 Å². The second kappa shape index (κ2) is 7.68. The van der Waals surface area contributed by atoms with E-state index >= 15 is 0 Å². The molecule has 8 nitrogen and oxygen atoms in total. The van der Waals surface area contributed by atoms with Gasteiger partial charge in [0.25, 0.3) is 5.95 Å². The Morgan fingerprint density at radius 1 is 1.00 bits per heavy atom. The summed E-state index contributed by atoms with van der Waals surface area (Å²) in [6, 6.07) is 12.9. The number of hydrazine groups is 1. The molecule has 1 heterocycles. The first kappa shape index (κ1) is 18.1. The van der Waals surface area contributed by atoms with E-state index in [9.17, 15) is 0 Å². The van der Waals surface area contributed by atoms with Crippen LogP contribution in [0.2, 0.25) is 0 Å². The first-order valence-electron chi connectivity index (χ1n) is 8.21. The van der Waals surface area contributed by atoms with Crippen LogP contribution in [0.1, 0.15) is 22.3 Å². The molecule has 0 radical (unpaired) electrons. The lowest BCUT2D eigenvalue weighted by Gasteiger charge is -2.15. The minimum absolute atomic E-state index is 0.156. The Morgan fingerprint density at radius 2 is 1.67 bits per heavy atom. The molecule has 8 heteroatoms. The van der Waals surface area contributed by atoms with E-state index in [4.69, 9.17) is 11.1 Å². The van der Waals surface area contributed by atoms with Crippen molar-refractivity contribution in [3.63, 3.8) is 0 Å². The van der Waals surface area contributed by atoms with Crippen LogP contribution in [-0.2, 0) is 0 Å². The summed E-state index contributed by atoms with van der Waals surface area (Å²) in [5.41, 5.74) is 5.20. The van der Waals surface area contributed by atoms with Crippen LogP contribution in [0.15, 0.2) is 53.0 Å². The first-order chi connectivity index (χ1) is 13.0. The molecule has 0 aliphatic carbocycles. The molecule has 1 aromatic heterocycles. The summed E-state index contributed by atoms with van der Waals surface area (Å²) in [6.45, 7) is 6.01. The molecule has 2 N–H and O–H groups in total. The van der Waals surface area contributed by atoms with Gasteiger partial charge in [-0.1, -0.05) is 17.7 Å². The largest absolute Gasteiger partial charge is 0.273 e. The lowest BCUT2D eigenvalue weighted by atomic mass is 10.1. The highest BCUT2D eigenvalue weighted by Gasteiger charge is 2.10. The maximum Gasteiger partial charge on any atom is 0.273 e.